The lowest BCUT2D eigenvalue weighted by Gasteiger charge is -2.18. The first-order valence-electron chi connectivity index (χ1n) is 6.44. The molecule has 2 rings (SSSR count). The third kappa shape index (κ3) is 3.99. The fraction of sp³-hybridized carbons (Fsp3) is 0.583. The lowest BCUT2D eigenvalue weighted by Crippen LogP contribution is -2.24. The van der Waals surface area contributed by atoms with Crippen LogP contribution in [0.25, 0.3) is 0 Å². The van der Waals surface area contributed by atoms with Crippen LogP contribution in [-0.4, -0.2) is 31.7 Å². The Labute approximate surface area is 122 Å². The van der Waals surface area contributed by atoms with E-state index in [1.165, 1.54) is 4.88 Å². The van der Waals surface area contributed by atoms with E-state index in [9.17, 15) is 0 Å². The molecule has 0 spiro atoms. The quantitative estimate of drug-likeness (QED) is 0.789. The van der Waals surface area contributed by atoms with Gasteiger partial charge in [-0.3, -0.25) is 4.90 Å². The predicted octanol–water partition coefficient (Wildman–Crippen LogP) is 2.82. The van der Waals surface area contributed by atoms with Gasteiger partial charge in [-0.15, -0.1) is 16.4 Å². The largest absolute Gasteiger partial charge is 0.291 e. The molecule has 0 amide bonds. The van der Waals surface area contributed by atoms with E-state index in [4.69, 9.17) is 11.6 Å². The average molecular weight is 300 g/mol. The molecule has 0 N–H and O–H groups in total. The van der Waals surface area contributed by atoms with Crippen molar-refractivity contribution < 1.29 is 0 Å². The first-order chi connectivity index (χ1) is 9.22. The molecule has 0 radical (unpaired) electrons. The second-order valence-corrected chi connectivity index (χ2v) is 6.13. The van der Waals surface area contributed by atoms with Gasteiger partial charge in [-0.25, -0.2) is 4.68 Å². The van der Waals surface area contributed by atoms with Crippen LogP contribution in [-0.2, 0) is 19.6 Å². The van der Waals surface area contributed by atoms with Crippen LogP contribution in [0.3, 0.4) is 0 Å². The topological polar surface area (TPSA) is 46.8 Å². The molecule has 0 saturated carbocycles. The Hall–Kier alpha value is -0.980. The number of aromatic nitrogens is 4. The second kappa shape index (κ2) is 6.98. The third-order valence-corrected chi connectivity index (χ3v) is 4.08. The average Bonchev–Trinajstić information content (AvgIpc) is 2.99. The zero-order valence-corrected chi connectivity index (χ0v) is 12.8. The van der Waals surface area contributed by atoms with Crippen molar-refractivity contribution in [1.82, 2.24) is 25.1 Å². The predicted molar refractivity (Wildman–Crippen MR) is 77.2 cm³/mol. The molecule has 19 heavy (non-hydrogen) atoms. The number of rotatable bonds is 7. The number of hydrogen-bond acceptors (Lipinski definition) is 5. The Bertz CT molecular complexity index is 510. The van der Waals surface area contributed by atoms with Crippen molar-refractivity contribution >= 4 is 22.9 Å². The van der Waals surface area contributed by atoms with Crippen molar-refractivity contribution in [1.29, 1.82) is 0 Å². The van der Waals surface area contributed by atoms with Crippen LogP contribution in [0, 0.1) is 0 Å². The van der Waals surface area contributed by atoms with Crippen LogP contribution >= 0.6 is 22.9 Å². The Morgan fingerprint density at radius 2 is 2.16 bits per heavy atom. The van der Waals surface area contributed by atoms with E-state index < -0.39 is 0 Å². The Kier molecular flexibility index (Phi) is 5.30. The molecule has 2 heterocycles. The van der Waals surface area contributed by atoms with Gasteiger partial charge >= 0.3 is 0 Å². The van der Waals surface area contributed by atoms with Crippen molar-refractivity contribution in [2.45, 2.75) is 39.9 Å². The van der Waals surface area contributed by atoms with Gasteiger partial charge in [0, 0.05) is 18.0 Å². The summed E-state index contributed by atoms with van der Waals surface area (Å²) in [6, 6.07) is 4.02. The van der Waals surface area contributed by atoms with Gasteiger partial charge in [-0.05, 0) is 35.5 Å². The maximum absolute atomic E-state index is 5.96. The lowest BCUT2D eigenvalue weighted by molar-refractivity contribution is 0.260. The molecule has 104 valence electrons. The van der Waals surface area contributed by atoms with Gasteiger partial charge in [0.1, 0.15) is 0 Å². The van der Waals surface area contributed by atoms with Crippen LogP contribution < -0.4 is 0 Å². The summed E-state index contributed by atoms with van der Waals surface area (Å²) in [5, 5.41) is 11.9. The van der Waals surface area contributed by atoms with Crippen LogP contribution in [0.1, 0.15) is 31.0 Å². The van der Waals surface area contributed by atoms with Gasteiger partial charge in [0.15, 0.2) is 5.82 Å². The summed E-state index contributed by atoms with van der Waals surface area (Å²) in [7, 11) is 0. The van der Waals surface area contributed by atoms with Gasteiger partial charge in [-0.1, -0.05) is 25.4 Å². The first kappa shape index (κ1) is 14.4. The molecule has 0 atom stereocenters. The zero-order chi connectivity index (χ0) is 13.7. The smallest absolute Gasteiger partial charge is 0.165 e. The molecule has 0 aliphatic heterocycles. The fourth-order valence-electron chi connectivity index (χ4n) is 1.86. The zero-order valence-electron chi connectivity index (χ0n) is 11.2. The highest BCUT2D eigenvalue weighted by Crippen LogP contribution is 2.23. The normalized spacial score (nSPS) is 11.4. The van der Waals surface area contributed by atoms with Crippen LogP contribution in [0.15, 0.2) is 12.1 Å². The Balaban J connectivity index is 2.00. The van der Waals surface area contributed by atoms with E-state index in [0.29, 0.717) is 0 Å². The molecule has 2 aromatic rings. The molecule has 0 aliphatic rings. The SMILES string of the molecule is CCCn1nnnc1CN(CC)Cc1ccc(Cl)s1. The molecular formula is C12H18ClN5S. The number of halogens is 1. The van der Waals surface area contributed by atoms with Crippen LogP contribution in [0.5, 0.6) is 0 Å². The third-order valence-electron chi connectivity index (χ3n) is 2.86. The Morgan fingerprint density at radius 3 is 2.79 bits per heavy atom. The standard InChI is InChI=1S/C12H18ClN5S/c1-3-7-18-12(14-15-16-18)9-17(4-2)8-10-5-6-11(13)19-10/h5-6H,3-4,7-9H2,1-2H3. The van der Waals surface area contributed by atoms with E-state index in [1.54, 1.807) is 11.3 Å². The van der Waals surface area contributed by atoms with E-state index in [0.717, 1.165) is 42.8 Å². The van der Waals surface area contributed by atoms with E-state index in [-0.39, 0.29) is 0 Å². The Morgan fingerprint density at radius 1 is 1.32 bits per heavy atom. The van der Waals surface area contributed by atoms with Gasteiger partial charge in [0.25, 0.3) is 0 Å². The molecule has 2 aromatic heterocycles. The molecule has 0 bridgehead atoms. The van der Waals surface area contributed by atoms with E-state index in [2.05, 4.69) is 40.3 Å². The molecular weight excluding hydrogens is 282 g/mol. The van der Waals surface area contributed by atoms with Crippen LogP contribution in [0.2, 0.25) is 4.34 Å². The highest BCUT2D eigenvalue weighted by atomic mass is 35.5. The summed E-state index contributed by atoms with van der Waals surface area (Å²) >= 11 is 7.58. The highest BCUT2D eigenvalue weighted by molar-refractivity contribution is 7.16. The number of aryl methyl sites for hydroxylation is 1. The summed E-state index contributed by atoms with van der Waals surface area (Å²) < 4.78 is 2.71. The fourth-order valence-corrected chi connectivity index (χ4v) is 2.99. The monoisotopic (exact) mass is 299 g/mol. The number of tetrazole rings is 1. The van der Waals surface area contributed by atoms with Gasteiger partial charge in [0.2, 0.25) is 0 Å². The molecule has 0 saturated heterocycles. The summed E-state index contributed by atoms with van der Waals surface area (Å²) in [4.78, 5) is 3.57. The van der Waals surface area contributed by atoms with Crippen molar-refractivity contribution in [3.05, 3.63) is 27.2 Å². The molecule has 0 unspecified atom stereocenters. The molecule has 0 aromatic carbocycles. The van der Waals surface area contributed by atoms with Crippen LogP contribution in [0.4, 0.5) is 0 Å². The van der Waals surface area contributed by atoms with Gasteiger partial charge < -0.3 is 0 Å². The molecule has 0 fully saturated rings. The number of thiophene rings is 1. The number of hydrogen-bond donors (Lipinski definition) is 0. The summed E-state index contributed by atoms with van der Waals surface area (Å²) in [5.41, 5.74) is 0. The summed E-state index contributed by atoms with van der Waals surface area (Å²) in [6.07, 6.45) is 1.03. The minimum atomic E-state index is 0.763. The van der Waals surface area contributed by atoms with Gasteiger partial charge in [-0.2, -0.15) is 0 Å². The highest BCUT2D eigenvalue weighted by Gasteiger charge is 2.12. The van der Waals surface area contributed by atoms with E-state index in [1.807, 2.05) is 10.7 Å². The lowest BCUT2D eigenvalue weighted by atomic mass is 10.4. The maximum atomic E-state index is 5.96. The van der Waals surface area contributed by atoms with Crippen molar-refractivity contribution in [2.75, 3.05) is 6.54 Å². The van der Waals surface area contributed by atoms with E-state index >= 15 is 0 Å². The molecule has 5 nitrogen and oxygen atoms in total. The van der Waals surface area contributed by atoms with Gasteiger partial charge in [0.05, 0.1) is 10.9 Å². The second-order valence-electron chi connectivity index (χ2n) is 4.33. The van der Waals surface area contributed by atoms with Crippen molar-refractivity contribution in [3.63, 3.8) is 0 Å². The minimum Gasteiger partial charge on any atom is -0.291 e. The molecule has 0 aliphatic carbocycles. The minimum absolute atomic E-state index is 0.763. The summed E-state index contributed by atoms with van der Waals surface area (Å²) in [5.74, 6) is 0.923. The van der Waals surface area contributed by atoms with Crippen molar-refractivity contribution in [3.8, 4) is 0 Å². The molecule has 7 heteroatoms. The number of nitrogens with zero attached hydrogens (tertiary/aromatic N) is 5. The maximum Gasteiger partial charge on any atom is 0.165 e. The van der Waals surface area contributed by atoms with Crippen molar-refractivity contribution in [2.24, 2.45) is 0 Å². The summed E-state index contributed by atoms with van der Waals surface area (Å²) in [6.45, 7) is 7.73. The first-order valence-corrected chi connectivity index (χ1v) is 7.64.